The van der Waals surface area contributed by atoms with Crippen LogP contribution in [0.2, 0.25) is 0 Å². The van der Waals surface area contributed by atoms with Crippen molar-refractivity contribution in [1.29, 1.82) is 0 Å². The Balaban J connectivity index is 0.000000528. The van der Waals surface area contributed by atoms with E-state index >= 15 is 0 Å². The molecule has 2 fully saturated rings. The topological polar surface area (TPSA) is 71.4 Å². The second kappa shape index (κ2) is 19.3. The van der Waals surface area contributed by atoms with Crippen molar-refractivity contribution >= 4 is 17.7 Å². The standard InChI is InChI=1S/C24H43N3O2.C10H12O2.2C2H6/c1-22(2,3)11-8-14-27-21(28)20(26-15-17-29-18-16-26)25-24(27)12-7-9-19(10-13-24)23(4,5)6;1-8(2)12-10(11)9-6-4-3-5-7-9;2*1-2/h19H,7-18H2,1-6H3;3-8H,1-2H3;2*1-2H3. The number of hydrogen-bond acceptors (Lipinski definition) is 6. The maximum atomic E-state index is 13.5. The van der Waals surface area contributed by atoms with Crippen LogP contribution in [0.5, 0.6) is 0 Å². The number of amidine groups is 1. The fraction of sp³-hybridized carbons (Fsp3) is 0.763. The molecule has 2 atom stereocenters. The Labute approximate surface area is 276 Å². The summed E-state index contributed by atoms with van der Waals surface area (Å²) in [5.41, 5.74) is 0.904. The lowest BCUT2D eigenvalue weighted by atomic mass is 9.76. The van der Waals surface area contributed by atoms with Gasteiger partial charge in [-0.2, -0.15) is 0 Å². The number of esters is 1. The lowest BCUT2D eigenvalue weighted by molar-refractivity contribution is -0.129. The molecule has 7 nitrogen and oxygen atoms in total. The van der Waals surface area contributed by atoms with Crippen LogP contribution in [0.15, 0.2) is 35.3 Å². The van der Waals surface area contributed by atoms with Gasteiger partial charge in [-0.3, -0.25) is 4.79 Å². The first-order valence-corrected chi connectivity index (χ1v) is 17.7. The van der Waals surface area contributed by atoms with Crippen molar-refractivity contribution in [2.24, 2.45) is 21.7 Å². The summed E-state index contributed by atoms with van der Waals surface area (Å²) in [6, 6.07) is 8.98. The van der Waals surface area contributed by atoms with Gasteiger partial charge in [-0.25, -0.2) is 9.79 Å². The lowest BCUT2D eigenvalue weighted by Crippen LogP contribution is -2.50. The largest absolute Gasteiger partial charge is 0.459 e. The fourth-order valence-corrected chi connectivity index (χ4v) is 6.08. The number of amides is 1. The van der Waals surface area contributed by atoms with Crippen molar-refractivity contribution in [3.8, 4) is 0 Å². The predicted molar refractivity (Wildman–Crippen MR) is 189 cm³/mol. The summed E-state index contributed by atoms with van der Waals surface area (Å²) in [5, 5.41) is 0. The molecule has 1 saturated carbocycles. The number of ether oxygens (including phenoxy) is 2. The molecule has 258 valence electrons. The molecule has 1 aliphatic carbocycles. The van der Waals surface area contributed by atoms with Crippen molar-refractivity contribution in [2.75, 3.05) is 32.8 Å². The minimum absolute atomic E-state index is 0.0577. The van der Waals surface area contributed by atoms with Gasteiger partial charge >= 0.3 is 5.97 Å². The van der Waals surface area contributed by atoms with Gasteiger partial charge in [0.05, 0.1) is 24.9 Å². The molecule has 2 unspecified atom stereocenters. The number of morpholine rings is 1. The summed E-state index contributed by atoms with van der Waals surface area (Å²) in [6.45, 7) is 29.4. The number of hydrogen-bond donors (Lipinski definition) is 0. The van der Waals surface area contributed by atoms with Crippen LogP contribution in [0.4, 0.5) is 0 Å². The average Bonchev–Trinajstić information content (AvgIpc) is 3.12. The third-order valence-corrected chi connectivity index (χ3v) is 8.47. The Kier molecular flexibility index (Phi) is 17.4. The van der Waals surface area contributed by atoms with Gasteiger partial charge in [0.2, 0.25) is 0 Å². The molecule has 1 aromatic rings. The minimum Gasteiger partial charge on any atom is -0.459 e. The molecule has 0 N–H and O–H groups in total. The maximum Gasteiger partial charge on any atom is 0.338 e. The number of benzene rings is 1. The molecule has 4 rings (SSSR count). The molecular formula is C38H67N3O4. The molecule has 0 aromatic heterocycles. The number of nitrogens with zero attached hydrogens (tertiary/aromatic N) is 3. The molecular weight excluding hydrogens is 562 g/mol. The van der Waals surface area contributed by atoms with E-state index in [1.165, 1.54) is 6.42 Å². The van der Waals surface area contributed by atoms with Crippen molar-refractivity contribution in [2.45, 2.75) is 140 Å². The fourth-order valence-electron chi connectivity index (χ4n) is 6.08. The van der Waals surface area contributed by atoms with Crippen LogP contribution in [-0.4, -0.2) is 72.1 Å². The van der Waals surface area contributed by atoms with Crippen molar-refractivity contribution in [3.05, 3.63) is 35.9 Å². The first-order chi connectivity index (χ1) is 21.2. The molecule has 0 radical (unpaired) electrons. The third-order valence-electron chi connectivity index (χ3n) is 8.47. The molecule has 2 aliphatic heterocycles. The number of aliphatic imine (C=N–C) groups is 1. The zero-order chi connectivity index (χ0) is 34.3. The van der Waals surface area contributed by atoms with Gasteiger partial charge in [-0.05, 0) is 87.7 Å². The first-order valence-electron chi connectivity index (χ1n) is 17.7. The zero-order valence-electron chi connectivity index (χ0n) is 31.0. The van der Waals surface area contributed by atoms with Crippen LogP contribution in [-0.2, 0) is 14.3 Å². The van der Waals surface area contributed by atoms with Crippen LogP contribution in [0, 0.1) is 16.7 Å². The summed E-state index contributed by atoms with van der Waals surface area (Å²) in [4.78, 5) is 34.3. The predicted octanol–water partition coefficient (Wildman–Crippen LogP) is 9.01. The van der Waals surface area contributed by atoms with E-state index in [0.717, 1.165) is 58.2 Å². The van der Waals surface area contributed by atoms with Gasteiger partial charge < -0.3 is 19.3 Å². The molecule has 1 amide bonds. The average molecular weight is 630 g/mol. The Morgan fingerprint density at radius 1 is 0.978 bits per heavy atom. The monoisotopic (exact) mass is 630 g/mol. The van der Waals surface area contributed by atoms with Crippen LogP contribution in [0.1, 0.15) is 138 Å². The maximum absolute atomic E-state index is 13.5. The van der Waals surface area contributed by atoms with Crippen LogP contribution in [0.25, 0.3) is 0 Å². The van der Waals surface area contributed by atoms with Crippen LogP contribution in [0.3, 0.4) is 0 Å². The molecule has 0 bridgehead atoms. The Morgan fingerprint density at radius 3 is 2.11 bits per heavy atom. The Bertz CT molecular complexity index is 1020. The van der Waals surface area contributed by atoms with Crippen molar-refractivity contribution in [1.82, 2.24) is 9.80 Å². The third kappa shape index (κ3) is 13.1. The van der Waals surface area contributed by atoms with Crippen molar-refractivity contribution in [3.63, 3.8) is 0 Å². The van der Waals surface area contributed by atoms with E-state index in [2.05, 4.69) is 51.3 Å². The van der Waals surface area contributed by atoms with E-state index in [1.807, 2.05) is 59.7 Å². The normalized spacial score (nSPS) is 21.8. The SMILES string of the molecule is CC.CC.CC(C)(C)CCCN1C(=O)C(N2CCOCC2)=NC12CCCC(C(C)(C)C)CC2.CC(C)OC(=O)c1ccccc1. The molecule has 1 saturated heterocycles. The summed E-state index contributed by atoms with van der Waals surface area (Å²) >= 11 is 0. The van der Waals surface area contributed by atoms with Crippen LogP contribution < -0.4 is 0 Å². The van der Waals surface area contributed by atoms with E-state index < -0.39 is 0 Å². The molecule has 45 heavy (non-hydrogen) atoms. The highest BCUT2D eigenvalue weighted by atomic mass is 16.5. The summed E-state index contributed by atoms with van der Waals surface area (Å²) in [6.07, 6.45) is 7.70. The van der Waals surface area contributed by atoms with Gasteiger partial charge in [-0.15, -0.1) is 0 Å². The quantitative estimate of drug-likeness (QED) is 0.304. The summed E-state index contributed by atoms with van der Waals surface area (Å²) in [5.74, 6) is 1.31. The van der Waals surface area contributed by atoms with E-state index in [4.69, 9.17) is 14.5 Å². The van der Waals surface area contributed by atoms with Gasteiger partial charge in [0, 0.05) is 19.6 Å². The highest BCUT2D eigenvalue weighted by Crippen LogP contribution is 2.44. The van der Waals surface area contributed by atoms with Crippen LogP contribution >= 0.6 is 0 Å². The second-order valence-electron chi connectivity index (χ2n) is 14.5. The summed E-state index contributed by atoms with van der Waals surface area (Å²) < 4.78 is 10.5. The van der Waals surface area contributed by atoms with E-state index in [9.17, 15) is 9.59 Å². The second-order valence-corrected chi connectivity index (χ2v) is 14.5. The number of carbonyl (C=O) groups is 2. The Hall–Kier alpha value is -2.41. The van der Waals surface area contributed by atoms with E-state index in [-0.39, 0.29) is 23.6 Å². The van der Waals surface area contributed by atoms with Gasteiger partial charge in [0.1, 0.15) is 5.66 Å². The number of rotatable bonds is 5. The van der Waals surface area contributed by atoms with E-state index in [1.54, 1.807) is 12.1 Å². The smallest absolute Gasteiger partial charge is 0.338 e. The molecule has 1 aromatic carbocycles. The molecule has 7 heteroatoms. The zero-order valence-corrected chi connectivity index (χ0v) is 31.0. The molecule has 3 aliphatic rings. The molecule has 1 spiro atoms. The highest BCUT2D eigenvalue weighted by Gasteiger charge is 2.49. The van der Waals surface area contributed by atoms with Gasteiger partial charge in [0.25, 0.3) is 5.91 Å². The lowest BCUT2D eigenvalue weighted by Gasteiger charge is -2.37. The molecule has 2 heterocycles. The Morgan fingerprint density at radius 2 is 1.58 bits per heavy atom. The number of carbonyl (C=O) groups excluding carboxylic acids is 2. The van der Waals surface area contributed by atoms with E-state index in [0.29, 0.717) is 41.4 Å². The first kappa shape index (κ1) is 40.6. The highest BCUT2D eigenvalue weighted by molar-refractivity contribution is 6.39. The minimum atomic E-state index is -0.317. The van der Waals surface area contributed by atoms with Gasteiger partial charge in [0.15, 0.2) is 5.84 Å². The summed E-state index contributed by atoms with van der Waals surface area (Å²) in [7, 11) is 0. The van der Waals surface area contributed by atoms with Gasteiger partial charge in [-0.1, -0.05) is 87.4 Å². The van der Waals surface area contributed by atoms with Crippen molar-refractivity contribution < 1.29 is 19.1 Å².